The average molecular weight is 796 g/mol. The Morgan fingerprint density at radius 1 is 0.262 bits per heavy atom. The summed E-state index contributed by atoms with van der Waals surface area (Å²) in [7, 11) is 0. The van der Waals surface area contributed by atoms with Crippen molar-refractivity contribution in [2.75, 3.05) is 0 Å². The molecule has 0 amide bonds. The van der Waals surface area contributed by atoms with Crippen molar-refractivity contribution in [2.24, 2.45) is 0 Å². The third kappa shape index (κ3) is 6.51. The predicted molar refractivity (Wildman–Crippen MR) is 256 cm³/mol. The fourth-order valence-electron chi connectivity index (χ4n) is 8.91. The van der Waals surface area contributed by atoms with E-state index >= 15 is 0 Å². The van der Waals surface area contributed by atoms with Gasteiger partial charge in [0.15, 0.2) is 0 Å². The minimum atomic E-state index is 0.771. The summed E-state index contributed by atoms with van der Waals surface area (Å²) in [5.74, 6) is 0. The summed E-state index contributed by atoms with van der Waals surface area (Å²) >= 11 is 1.84. The second-order valence-corrected chi connectivity index (χ2v) is 16.2. The van der Waals surface area contributed by atoms with Crippen molar-refractivity contribution in [2.45, 2.75) is 0 Å². The second-order valence-electron chi connectivity index (χ2n) is 15.1. The van der Waals surface area contributed by atoms with Crippen LogP contribution in [-0.2, 0) is 0 Å². The van der Waals surface area contributed by atoms with Gasteiger partial charge in [0.1, 0.15) is 11.4 Å². The molecule has 0 atom stereocenters. The fraction of sp³-hybridized carbons (Fsp3) is 0. The van der Waals surface area contributed by atoms with Gasteiger partial charge < -0.3 is 0 Å². The predicted octanol–water partition coefficient (Wildman–Crippen LogP) is 15.6. The SMILES string of the molecule is c1ccc(-c2ccccc2-c2cccc(-c3c(-c4ccccc4-c4ccccc4)ccc4sc5ccccc5c34)c2-c2nnnc(-c3ccccc3)c2-c2ccccc2)cc1. The first-order valence-corrected chi connectivity index (χ1v) is 21.4. The molecule has 9 aromatic carbocycles. The molecule has 2 aromatic heterocycles. The van der Waals surface area contributed by atoms with Crippen molar-refractivity contribution in [3.63, 3.8) is 0 Å². The number of fused-ring (bicyclic) bond motifs is 3. The molecule has 61 heavy (non-hydrogen) atoms. The Hall–Kier alpha value is -7.79. The number of hydrogen-bond donors (Lipinski definition) is 0. The van der Waals surface area contributed by atoms with E-state index in [1.165, 1.54) is 31.3 Å². The smallest absolute Gasteiger partial charge is 0.106 e. The van der Waals surface area contributed by atoms with Gasteiger partial charge >= 0.3 is 0 Å². The van der Waals surface area contributed by atoms with Gasteiger partial charge in [0.2, 0.25) is 0 Å². The molecule has 0 saturated carbocycles. The highest BCUT2D eigenvalue weighted by Crippen LogP contribution is 2.52. The molecule has 2 heterocycles. The number of nitrogens with zero attached hydrogens (tertiary/aromatic N) is 3. The van der Waals surface area contributed by atoms with E-state index in [2.05, 4.69) is 224 Å². The summed E-state index contributed by atoms with van der Waals surface area (Å²) in [6, 6.07) is 80.0. The lowest BCUT2D eigenvalue weighted by atomic mass is 9.81. The van der Waals surface area contributed by atoms with Crippen molar-refractivity contribution in [1.82, 2.24) is 15.4 Å². The first-order chi connectivity index (χ1) is 30.3. The van der Waals surface area contributed by atoms with Gasteiger partial charge in [-0.1, -0.05) is 212 Å². The van der Waals surface area contributed by atoms with Crippen LogP contribution in [0.4, 0.5) is 0 Å². The maximum absolute atomic E-state index is 5.13. The standard InChI is InChI=1S/C57H37N3S/c1-5-20-38(21-6-1)42-28-13-15-30-44(42)46-33-19-34-49(54(46)57-52(40-24-9-3-10-25-40)56(58-60-59-57)41-26-11-4-12-27-41)53-47(36-37-51-55(53)48-32-17-18-35-50(48)61-51)45-31-16-14-29-43(45)39-22-7-2-8-23-39/h1-37H. The Labute approximate surface area is 358 Å². The van der Waals surface area contributed by atoms with E-state index in [-0.39, 0.29) is 0 Å². The molecule has 0 radical (unpaired) electrons. The zero-order valence-electron chi connectivity index (χ0n) is 33.1. The highest BCUT2D eigenvalue weighted by molar-refractivity contribution is 7.26. The molecule has 0 spiro atoms. The fourth-order valence-corrected chi connectivity index (χ4v) is 10.0. The minimum Gasteiger partial charge on any atom is -0.135 e. The second kappa shape index (κ2) is 15.8. The van der Waals surface area contributed by atoms with Gasteiger partial charge in [0.05, 0.1) is 0 Å². The van der Waals surface area contributed by atoms with Crippen molar-refractivity contribution in [3.05, 3.63) is 224 Å². The van der Waals surface area contributed by atoms with Crippen LogP contribution in [0.15, 0.2) is 224 Å². The summed E-state index contributed by atoms with van der Waals surface area (Å²) in [4.78, 5) is 0. The van der Waals surface area contributed by atoms with Crippen LogP contribution in [-0.4, -0.2) is 15.4 Å². The highest BCUT2D eigenvalue weighted by Gasteiger charge is 2.28. The quantitative estimate of drug-likeness (QED) is 0.154. The molecule has 0 bridgehead atoms. The summed E-state index contributed by atoms with van der Waals surface area (Å²) in [6.07, 6.45) is 0. The third-order valence-electron chi connectivity index (χ3n) is 11.6. The lowest BCUT2D eigenvalue weighted by molar-refractivity contribution is 0.879. The molecule has 0 saturated heterocycles. The maximum atomic E-state index is 5.13. The molecular weight excluding hydrogens is 759 g/mol. The van der Waals surface area contributed by atoms with Crippen molar-refractivity contribution < 1.29 is 0 Å². The van der Waals surface area contributed by atoms with Gasteiger partial charge in [-0.15, -0.1) is 21.5 Å². The van der Waals surface area contributed by atoms with Crippen LogP contribution < -0.4 is 0 Å². The van der Waals surface area contributed by atoms with Crippen LogP contribution in [0.5, 0.6) is 0 Å². The Bertz CT molecular complexity index is 3340. The molecule has 3 nitrogen and oxygen atoms in total. The normalized spacial score (nSPS) is 11.3. The van der Waals surface area contributed by atoms with Crippen LogP contribution >= 0.6 is 11.3 Å². The zero-order chi connectivity index (χ0) is 40.5. The van der Waals surface area contributed by atoms with Crippen LogP contribution in [0, 0.1) is 0 Å². The van der Waals surface area contributed by atoms with Gasteiger partial charge in [-0.2, -0.15) is 0 Å². The van der Waals surface area contributed by atoms with Crippen molar-refractivity contribution >= 4 is 31.5 Å². The van der Waals surface area contributed by atoms with E-state index in [1.54, 1.807) is 0 Å². The number of benzene rings is 9. The third-order valence-corrected chi connectivity index (χ3v) is 12.7. The molecule has 11 aromatic rings. The van der Waals surface area contributed by atoms with E-state index in [0.29, 0.717) is 0 Å². The lowest BCUT2D eigenvalue weighted by Crippen LogP contribution is -2.03. The highest BCUT2D eigenvalue weighted by atomic mass is 32.1. The molecule has 0 fully saturated rings. The van der Waals surface area contributed by atoms with E-state index in [9.17, 15) is 0 Å². The number of rotatable bonds is 8. The van der Waals surface area contributed by atoms with Crippen LogP contribution in [0.1, 0.15) is 0 Å². The molecule has 0 aliphatic carbocycles. The van der Waals surface area contributed by atoms with Crippen LogP contribution in [0.3, 0.4) is 0 Å². The van der Waals surface area contributed by atoms with Gasteiger partial charge in [-0.3, -0.25) is 0 Å². The molecule has 11 rings (SSSR count). The topological polar surface area (TPSA) is 38.7 Å². The van der Waals surface area contributed by atoms with Gasteiger partial charge in [-0.25, -0.2) is 0 Å². The van der Waals surface area contributed by atoms with Crippen molar-refractivity contribution in [1.29, 1.82) is 0 Å². The monoisotopic (exact) mass is 795 g/mol. The van der Waals surface area contributed by atoms with E-state index in [1.807, 2.05) is 17.4 Å². The Balaban J connectivity index is 1.33. The summed E-state index contributed by atoms with van der Waals surface area (Å²) in [6.45, 7) is 0. The molecule has 0 aliphatic rings. The number of hydrogen-bond acceptors (Lipinski definition) is 4. The lowest BCUT2D eigenvalue weighted by Gasteiger charge is -2.23. The summed E-state index contributed by atoms with van der Waals surface area (Å²) in [5.41, 5.74) is 16.8. The summed E-state index contributed by atoms with van der Waals surface area (Å²) < 4.78 is 2.48. The number of thiophene rings is 1. The Morgan fingerprint density at radius 2 is 0.721 bits per heavy atom. The van der Waals surface area contributed by atoms with Crippen LogP contribution in [0.25, 0.3) is 109 Å². The molecular formula is C57H37N3S. The first kappa shape index (κ1) is 36.3. The van der Waals surface area contributed by atoms with E-state index in [4.69, 9.17) is 10.2 Å². The van der Waals surface area contributed by atoms with Gasteiger partial charge in [0, 0.05) is 36.9 Å². The van der Waals surface area contributed by atoms with Gasteiger partial charge in [-0.05, 0) is 78.5 Å². The molecule has 286 valence electrons. The minimum absolute atomic E-state index is 0.771. The van der Waals surface area contributed by atoms with Crippen LogP contribution in [0.2, 0.25) is 0 Å². The maximum Gasteiger partial charge on any atom is 0.106 e. The van der Waals surface area contributed by atoms with Crippen molar-refractivity contribution in [3.8, 4) is 89.3 Å². The molecule has 4 heteroatoms. The molecule has 0 N–H and O–H groups in total. The summed E-state index contributed by atoms with van der Waals surface area (Å²) in [5, 5.41) is 17.0. The number of aromatic nitrogens is 3. The van der Waals surface area contributed by atoms with Gasteiger partial charge in [0.25, 0.3) is 0 Å². The Morgan fingerprint density at radius 3 is 1.34 bits per heavy atom. The molecule has 0 unspecified atom stereocenters. The largest absolute Gasteiger partial charge is 0.135 e. The van der Waals surface area contributed by atoms with E-state index < -0.39 is 0 Å². The van der Waals surface area contributed by atoms with E-state index in [0.717, 1.165) is 78.1 Å². The average Bonchev–Trinajstić information content (AvgIpc) is 3.73. The zero-order valence-corrected chi connectivity index (χ0v) is 33.9. The molecule has 0 aliphatic heterocycles. The first-order valence-electron chi connectivity index (χ1n) is 20.5. The Kier molecular flexibility index (Phi) is 9.38.